The zero-order valence-electron chi connectivity index (χ0n) is 18.1. The summed E-state index contributed by atoms with van der Waals surface area (Å²) in [6.07, 6.45) is 2.85. The second-order valence-corrected chi connectivity index (χ2v) is 7.94. The molecular formula is C24H34N4O2. The van der Waals surface area contributed by atoms with Gasteiger partial charge in [-0.3, -0.25) is 0 Å². The fourth-order valence-corrected chi connectivity index (χ4v) is 3.84. The number of amides is 2. The first-order chi connectivity index (χ1) is 14.6. The van der Waals surface area contributed by atoms with E-state index in [0.29, 0.717) is 6.54 Å². The van der Waals surface area contributed by atoms with Crippen LogP contribution >= 0.6 is 0 Å². The van der Waals surface area contributed by atoms with Gasteiger partial charge in [0.1, 0.15) is 5.75 Å². The molecule has 0 saturated carbocycles. The third-order valence-corrected chi connectivity index (χ3v) is 5.57. The number of carbonyl (C=O) groups is 1. The molecule has 0 radical (unpaired) electrons. The molecule has 1 fully saturated rings. The number of benzene rings is 2. The fraction of sp³-hybridized carbons (Fsp3) is 0.458. The van der Waals surface area contributed by atoms with E-state index in [1.165, 1.54) is 11.3 Å². The molecule has 0 atom stereocenters. The van der Waals surface area contributed by atoms with Crippen LogP contribution in [-0.2, 0) is 6.54 Å². The van der Waals surface area contributed by atoms with Crippen LogP contribution in [0.5, 0.6) is 5.75 Å². The summed E-state index contributed by atoms with van der Waals surface area (Å²) >= 11 is 0. The lowest BCUT2D eigenvalue weighted by molar-refractivity contribution is 0.233. The van der Waals surface area contributed by atoms with Crippen LogP contribution in [0.1, 0.15) is 24.8 Å². The molecule has 30 heavy (non-hydrogen) atoms. The molecule has 0 spiro atoms. The minimum Gasteiger partial charge on any atom is -0.497 e. The van der Waals surface area contributed by atoms with E-state index in [1.807, 2.05) is 18.2 Å². The molecular weight excluding hydrogens is 376 g/mol. The number of piperidine rings is 1. The number of urea groups is 1. The number of nitrogens with one attached hydrogen (secondary N) is 2. The van der Waals surface area contributed by atoms with Gasteiger partial charge in [0.15, 0.2) is 0 Å². The molecule has 0 aromatic heterocycles. The lowest BCUT2D eigenvalue weighted by Gasteiger charge is -2.34. The van der Waals surface area contributed by atoms with E-state index in [-0.39, 0.29) is 12.1 Å². The normalized spacial score (nSPS) is 14.6. The quantitative estimate of drug-likeness (QED) is 0.622. The van der Waals surface area contributed by atoms with Crippen molar-refractivity contribution in [2.45, 2.75) is 31.8 Å². The van der Waals surface area contributed by atoms with Crippen molar-refractivity contribution in [2.24, 2.45) is 0 Å². The third kappa shape index (κ3) is 6.95. The van der Waals surface area contributed by atoms with E-state index >= 15 is 0 Å². The summed E-state index contributed by atoms with van der Waals surface area (Å²) in [5, 5.41) is 6.13. The van der Waals surface area contributed by atoms with Crippen LogP contribution in [0, 0.1) is 0 Å². The highest BCUT2D eigenvalue weighted by molar-refractivity contribution is 5.74. The number of rotatable bonds is 9. The summed E-state index contributed by atoms with van der Waals surface area (Å²) in [5.74, 6) is 0.873. The summed E-state index contributed by atoms with van der Waals surface area (Å²) < 4.78 is 5.22. The Morgan fingerprint density at radius 2 is 1.80 bits per heavy atom. The van der Waals surface area contributed by atoms with Gasteiger partial charge >= 0.3 is 6.03 Å². The first-order valence-electron chi connectivity index (χ1n) is 10.8. The van der Waals surface area contributed by atoms with Gasteiger partial charge in [0.05, 0.1) is 7.11 Å². The Balaban J connectivity index is 1.28. The van der Waals surface area contributed by atoms with E-state index in [4.69, 9.17) is 4.74 Å². The van der Waals surface area contributed by atoms with Crippen LogP contribution in [0.4, 0.5) is 10.5 Å². The minimum atomic E-state index is -0.0522. The maximum atomic E-state index is 12.2. The summed E-state index contributed by atoms with van der Waals surface area (Å²) in [7, 11) is 3.80. The van der Waals surface area contributed by atoms with Crippen molar-refractivity contribution in [1.29, 1.82) is 0 Å². The van der Waals surface area contributed by atoms with Crippen molar-refractivity contribution < 1.29 is 9.53 Å². The first-order valence-corrected chi connectivity index (χ1v) is 10.8. The fourth-order valence-electron chi connectivity index (χ4n) is 3.84. The second kappa shape index (κ2) is 11.5. The van der Waals surface area contributed by atoms with Gasteiger partial charge in [-0.05, 0) is 62.7 Å². The number of carbonyl (C=O) groups excluding carboxylic acids is 1. The van der Waals surface area contributed by atoms with Crippen molar-refractivity contribution in [3.63, 3.8) is 0 Å². The SMILES string of the molecule is COc1ccc(N2CCC(NC(=O)NCCCN(C)Cc3ccccc3)CC2)cc1. The van der Waals surface area contributed by atoms with Crippen LogP contribution in [0.3, 0.4) is 0 Å². The Hall–Kier alpha value is -2.73. The molecule has 3 rings (SSSR count). The summed E-state index contributed by atoms with van der Waals surface area (Å²) in [5.41, 5.74) is 2.52. The molecule has 2 N–H and O–H groups in total. The first kappa shape index (κ1) is 22.0. The van der Waals surface area contributed by atoms with Gasteiger partial charge in [-0.15, -0.1) is 0 Å². The minimum absolute atomic E-state index is 0.0522. The molecule has 162 valence electrons. The lowest BCUT2D eigenvalue weighted by Crippen LogP contribution is -2.48. The van der Waals surface area contributed by atoms with Crippen molar-refractivity contribution in [3.8, 4) is 5.75 Å². The molecule has 2 aromatic rings. The molecule has 0 bridgehead atoms. The van der Waals surface area contributed by atoms with Crippen molar-refractivity contribution in [3.05, 3.63) is 60.2 Å². The summed E-state index contributed by atoms with van der Waals surface area (Å²) in [4.78, 5) is 16.8. The van der Waals surface area contributed by atoms with Gasteiger partial charge in [-0.25, -0.2) is 4.79 Å². The van der Waals surface area contributed by atoms with Gasteiger partial charge in [0.25, 0.3) is 0 Å². The third-order valence-electron chi connectivity index (χ3n) is 5.57. The predicted octanol–water partition coefficient (Wildman–Crippen LogP) is 3.49. The number of hydrogen-bond acceptors (Lipinski definition) is 4. The van der Waals surface area contributed by atoms with Gasteiger partial charge in [0.2, 0.25) is 0 Å². The summed E-state index contributed by atoms with van der Waals surface area (Å²) in [6, 6.07) is 18.8. The highest BCUT2D eigenvalue weighted by atomic mass is 16.5. The molecule has 2 amide bonds. The second-order valence-electron chi connectivity index (χ2n) is 7.94. The highest BCUT2D eigenvalue weighted by Gasteiger charge is 2.20. The van der Waals surface area contributed by atoms with E-state index < -0.39 is 0 Å². The zero-order chi connectivity index (χ0) is 21.2. The largest absolute Gasteiger partial charge is 0.497 e. The van der Waals surface area contributed by atoms with Gasteiger partial charge in [-0.1, -0.05) is 30.3 Å². The number of nitrogens with zero attached hydrogens (tertiary/aromatic N) is 2. The average molecular weight is 411 g/mol. The van der Waals surface area contributed by atoms with E-state index in [1.54, 1.807) is 7.11 Å². The zero-order valence-corrected chi connectivity index (χ0v) is 18.1. The average Bonchev–Trinajstić information content (AvgIpc) is 2.78. The summed E-state index contributed by atoms with van der Waals surface area (Å²) in [6.45, 7) is 4.47. The van der Waals surface area contributed by atoms with Crippen molar-refractivity contribution in [2.75, 3.05) is 45.2 Å². The number of ether oxygens (including phenoxy) is 1. The lowest BCUT2D eigenvalue weighted by atomic mass is 10.0. The van der Waals surface area contributed by atoms with Crippen LogP contribution < -0.4 is 20.3 Å². The molecule has 6 heteroatoms. The van der Waals surface area contributed by atoms with Gasteiger partial charge in [-0.2, -0.15) is 0 Å². The molecule has 1 saturated heterocycles. The van der Waals surface area contributed by atoms with Crippen LogP contribution in [0.15, 0.2) is 54.6 Å². The predicted molar refractivity (Wildman–Crippen MR) is 122 cm³/mol. The molecule has 6 nitrogen and oxygen atoms in total. The maximum absolute atomic E-state index is 12.2. The number of methoxy groups -OCH3 is 1. The highest BCUT2D eigenvalue weighted by Crippen LogP contribution is 2.22. The molecule has 0 unspecified atom stereocenters. The number of hydrogen-bond donors (Lipinski definition) is 2. The van der Waals surface area contributed by atoms with E-state index in [2.05, 4.69) is 63.9 Å². The molecule has 2 aromatic carbocycles. The Bertz CT molecular complexity index is 759. The molecule has 1 heterocycles. The van der Waals surface area contributed by atoms with Gasteiger partial charge < -0.3 is 25.2 Å². The molecule has 1 aliphatic heterocycles. The standard InChI is InChI=1S/C24H34N4O2/c1-27(19-20-7-4-3-5-8-20)16-6-15-25-24(29)26-21-13-17-28(18-14-21)22-9-11-23(30-2)12-10-22/h3-5,7-12,21H,6,13-19H2,1-2H3,(H2,25,26,29). The van der Waals surface area contributed by atoms with Gasteiger partial charge in [0, 0.05) is 37.9 Å². The van der Waals surface area contributed by atoms with Crippen LogP contribution in [0.2, 0.25) is 0 Å². The smallest absolute Gasteiger partial charge is 0.315 e. The Kier molecular flexibility index (Phi) is 8.39. The van der Waals surface area contributed by atoms with Crippen LogP contribution in [-0.4, -0.2) is 57.3 Å². The Labute approximate surface area is 180 Å². The monoisotopic (exact) mass is 410 g/mol. The van der Waals surface area contributed by atoms with E-state index in [9.17, 15) is 4.79 Å². The Morgan fingerprint density at radius 3 is 2.47 bits per heavy atom. The Morgan fingerprint density at radius 1 is 1.10 bits per heavy atom. The number of anilines is 1. The van der Waals surface area contributed by atoms with Crippen LogP contribution in [0.25, 0.3) is 0 Å². The van der Waals surface area contributed by atoms with Crippen molar-refractivity contribution >= 4 is 11.7 Å². The van der Waals surface area contributed by atoms with Crippen molar-refractivity contribution in [1.82, 2.24) is 15.5 Å². The molecule has 1 aliphatic rings. The molecule has 0 aliphatic carbocycles. The maximum Gasteiger partial charge on any atom is 0.315 e. The topological polar surface area (TPSA) is 56.8 Å². The van der Waals surface area contributed by atoms with E-state index in [0.717, 1.165) is 51.2 Å².